The lowest BCUT2D eigenvalue weighted by atomic mass is 10.0. The number of carbonyl (C=O) groups is 1. The molecule has 3 rings (SSSR count). The minimum atomic E-state index is -1.03. The van der Waals surface area contributed by atoms with Gasteiger partial charge in [-0.05, 0) is 41.6 Å². The van der Waals surface area contributed by atoms with E-state index in [0.717, 1.165) is 8.14 Å². The van der Waals surface area contributed by atoms with Gasteiger partial charge in [-0.25, -0.2) is 9.59 Å². The van der Waals surface area contributed by atoms with Crippen LogP contribution in [0, 0.1) is 20.6 Å². The first-order valence-electron chi connectivity index (χ1n) is 9.96. The van der Waals surface area contributed by atoms with Crippen molar-refractivity contribution in [2.24, 2.45) is 0 Å². The van der Waals surface area contributed by atoms with E-state index in [4.69, 9.17) is 14.2 Å². The van der Waals surface area contributed by atoms with E-state index in [2.05, 4.69) is 4.98 Å². The number of carbonyl (C=O) groups excluding carboxylic acids is 1. The van der Waals surface area contributed by atoms with Gasteiger partial charge in [-0.1, -0.05) is 6.92 Å². The Morgan fingerprint density at radius 2 is 2.18 bits per heavy atom. The average Bonchev–Trinajstić information content (AvgIpc) is 3.16. The van der Waals surface area contributed by atoms with Gasteiger partial charge < -0.3 is 19.3 Å². The first-order valence-corrected chi connectivity index (χ1v) is 11.0. The molecule has 0 radical (unpaired) electrons. The molecule has 0 amide bonds. The van der Waals surface area contributed by atoms with Gasteiger partial charge in [0.15, 0.2) is 0 Å². The molecule has 0 aliphatic carbocycles. The maximum absolute atomic E-state index is 12.3. The lowest BCUT2D eigenvalue weighted by Crippen LogP contribution is -2.33. The van der Waals surface area contributed by atoms with Crippen LogP contribution in [0.2, 0.25) is 0 Å². The van der Waals surface area contributed by atoms with Gasteiger partial charge >= 0.3 is 11.8 Å². The predicted molar refractivity (Wildman–Crippen MR) is 122 cm³/mol. The summed E-state index contributed by atoms with van der Waals surface area (Å²) in [5, 5.41) is 20.9. The number of nitro benzene ring substituents is 1. The Hall–Kier alpha value is -2.78. The molecule has 33 heavy (non-hydrogen) atoms. The molecule has 1 aliphatic rings. The van der Waals surface area contributed by atoms with Gasteiger partial charge in [-0.2, -0.15) is 0 Å². The molecule has 1 fully saturated rings. The molecule has 1 aromatic heterocycles. The Labute approximate surface area is 200 Å². The summed E-state index contributed by atoms with van der Waals surface area (Å²) in [5.74, 6) is -0.475. The third-order valence-electron chi connectivity index (χ3n) is 5.23. The number of ether oxygens (including phenoxy) is 3. The van der Waals surface area contributed by atoms with Crippen molar-refractivity contribution < 1.29 is 29.0 Å². The van der Waals surface area contributed by atoms with Gasteiger partial charge in [-0.15, -0.1) is 0 Å². The fourth-order valence-electron chi connectivity index (χ4n) is 3.49. The summed E-state index contributed by atoms with van der Waals surface area (Å²) < 4.78 is 18.0. The summed E-state index contributed by atoms with van der Waals surface area (Å²) in [6, 6.07) is 4.66. The number of H-pyrrole nitrogens is 1. The Morgan fingerprint density at radius 1 is 1.45 bits per heavy atom. The Morgan fingerprint density at radius 3 is 2.85 bits per heavy atom. The van der Waals surface area contributed by atoms with Crippen LogP contribution in [-0.2, 0) is 14.2 Å². The summed E-state index contributed by atoms with van der Waals surface area (Å²) in [5.41, 5.74) is -0.574. The molecule has 1 saturated heterocycles. The van der Waals surface area contributed by atoms with E-state index in [1.165, 1.54) is 19.2 Å². The maximum atomic E-state index is 12.3. The quantitative estimate of drug-likeness (QED) is 0.218. The molecule has 2 aromatic rings. The van der Waals surface area contributed by atoms with Crippen LogP contribution < -0.4 is 11.2 Å². The van der Waals surface area contributed by atoms with Crippen molar-refractivity contribution in [2.45, 2.75) is 44.6 Å². The number of aryl methyl sites for hydroxylation is 1. The second-order valence-electron chi connectivity index (χ2n) is 7.60. The smallest absolute Gasteiger partial charge is 0.434 e. The summed E-state index contributed by atoms with van der Waals surface area (Å²) in [4.78, 5) is 48.9. The van der Waals surface area contributed by atoms with E-state index in [0.29, 0.717) is 11.1 Å². The van der Waals surface area contributed by atoms with Crippen LogP contribution in [0.1, 0.15) is 36.6 Å². The normalized spacial score (nSPS) is 20.9. The zero-order valence-corrected chi connectivity index (χ0v) is 19.9. The van der Waals surface area contributed by atoms with Crippen molar-refractivity contribution in [3.8, 4) is 0 Å². The van der Waals surface area contributed by atoms with Gasteiger partial charge in [0.25, 0.3) is 11.2 Å². The van der Waals surface area contributed by atoms with Gasteiger partial charge in [0.1, 0.15) is 25.0 Å². The number of halogens is 1. The number of nitrogens with one attached hydrogen (secondary N) is 1. The van der Waals surface area contributed by atoms with Crippen molar-refractivity contribution in [1.82, 2.24) is 9.55 Å². The third-order valence-corrected chi connectivity index (χ3v) is 5.90. The predicted octanol–water partition coefficient (Wildman–Crippen LogP) is 1.96. The van der Waals surface area contributed by atoms with Gasteiger partial charge in [0.2, 0.25) is 0 Å². The van der Waals surface area contributed by atoms with Crippen LogP contribution in [0.3, 0.4) is 0 Å². The minimum Gasteiger partial charge on any atom is -0.434 e. The number of nitro groups is 1. The van der Waals surface area contributed by atoms with Crippen molar-refractivity contribution in [3.05, 3.63) is 70.0 Å². The fraction of sp³-hybridized carbons (Fsp3) is 0.450. The summed E-state index contributed by atoms with van der Waals surface area (Å²) >= 11 is 2.04. The first-order chi connectivity index (χ1) is 15.6. The van der Waals surface area contributed by atoms with Gasteiger partial charge in [-0.3, -0.25) is 24.5 Å². The molecule has 12 nitrogen and oxygen atoms in total. The molecule has 13 heteroatoms. The van der Waals surface area contributed by atoms with E-state index in [9.17, 15) is 29.6 Å². The molecular formula is C20H22IN3O9. The number of aliphatic hydroxyl groups is 1. The van der Waals surface area contributed by atoms with E-state index >= 15 is 0 Å². The zero-order valence-electron chi connectivity index (χ0n) is 17.7. The van der Waals surface area contributed by atoms with Crippen molar-refractivity contribution in [1.29, 1.82) is 0 Å². The van der Waals surface area contributed by atoms with Crippen LogP contribution in [0.15, 0.2) is 34.0 Å². The Balaban J connectivity index is 1.64. The second-order valence-corrected chi connectivity index (χ2v) is 8.85. The summed E-state index contributed by atoms with van der Waals surface area (Å²) in [6.07, 6.45) is -2.34. The second kappa shape index (κ2) is 10.4. The number of aromatic nitrogens is 2. The number of benzene rings is 1. The number of hydrogen-bond acceptors (Lipinski definition) is 9. The van der Waals surface area contributed by atoms with Crippen LogP contribution in [0.4, 0.5) is 10.5 Å². The standard InChI is InChI=1S/C20H22IN3O9/c1-10-7-23(19(27)22-18(10)26)17-6-15(16(8-25)32-17)33-20(28)31-9-11(2)13-5-12(21)3-4-14(13)24(29)30/h3-5,7,11,15-17,25H,6,8-9H2,1-2H3,(H,22,26,27)/t11?,15?,16-,17-/m1/s1. The molecular weight excluding hydrogens is 553 g/mol. The monoisotopic (exact) mass is 575 g/mol. The lowest BCUT2D eigenvalue weighted by molar-refractivity contribution is -0.385. The highest BCUT2D eigenvalue weighted by Gasteiger charge is 2.39. The Bertz CT molecular complexity index is 1160. The van der Waals surface area contributed by atoms with E-state index in [-0.39, 0.29) is 18.7 Å². The molecule has 2 heterocycles. The SMILES string of the molecule is Cc1cn([C@H]2CC(OC(=O)OCC(C)c3cc(I)ccc3[N+](=O)[O-])[C@@H](CO)O2)c(=O)[nH]c1=O. The van der Waals surface area contributed by atoms with Crippen LogP contribution in [0.5, 0.6) is 0 Å². The minimum absolute atomic E-state index is 0.0453. The number of aliphatic hydroxyl groups excluding tert-OH is 1. The molecule has 4 atom stereocenters. The topological polar surface area (TPSA) is 163 Å². The average molecular weight is 575 g/mol. The highest BCUT2D eigenvalue weighted by molar-refractivity contribution is 14.1. The number of aromatic amines is 1. The first kappa shape index (κ1) is 24.9. The molecule has 0 spiro atoms. The molecule has 1 aromatic carbocycles. The molecule has 0 saturated carbocycles. The highest BCUT2D eigenvalue weighted by atomic mass is 127. The van der Waals surface area contributed by atoms with Crippen molar-refractivity contribution >= 4 is 34.4 Å². The third kappa shape index (κ3) is 5.78. The molecule has 2 unspecified atom stereocenters. The molecule has 1 aliphatic heterocycles. The fourth-order valence-corrected chi connectivity index (χ4v) is 4.00. The molecule has 0 bridgehead atoms. The van der Waals surface area contributed by atoms with Crippen LogP contribution in [0.25, 0.3) is 0 Å². The Kier molecular flexibility index (Phi) is 7.86. The zero-order chi connectivity index (χ0) is 24.3. The summed E-state index contributed by atoms with van der Waals surface area (Å²) in [6.45, 7) is 2.56. The van der Waals surface area contributed by atoms with Crippen molar-refractivity contribution in [2.75, 3.05) is 13.2 Å². The maximum Gasteiger partial charge on any atom is 0.508 e. The molecule has 2 N–H and O–H groups in total. The largest absolute Gasteiger partial charge is 0.508 e. The van der Waals surface area contributed by atoms with Crippen molar-refractivity contribution in [3.63, 3.8) is 0 Å². The molecule has 178 valence electrons. The summed E-state index contributed by atoms with van der Waals surface area (Å²) in [7, 11) is 0. The van der Waals surface area contributed by atoms with E-state index in [1.54, 1.807) is 19.1 Å². The van der Waals surface area contributed by atoms with E-state index in [1.807, 2.05) is 22.6 Å². The number of rotatable bonds is 7. The van der Waals surface area contributed by atoms with Gasteiger partial charge in [0, 0.05) is 39.3 Å². The highest BCUT2D eigenvalue weighted by Crippen LogP contribution is 2.31. The van der Waals surface area contributed by atoms with Gasteiger partial charge in [0.05, 0.1) is 11.5 Å². The van der Waals surface area contributed by atoms with E-state index < -0.39 is 53.3 Å². The lowest BCUT2D eigenvalue weighted by Gasteiger charge is -2.17. The number of nitrogens with zero attached hydrogens (tertiary/aromatic N) is 2. The van der Waals surface area contributed by atoms with Crippen LogP contribution >= 0.6 is 22.6 Å². The number of hydrogen-bond donors (Lipinski definition) is 2. The van der Waals surface area contributed by atoms with Crippen LogP contribution in [-0.4, -0.2) is 51.2 Å².